The number of nitrogens with one attached hydrogen (secondary N) is 1. The molecule has 1 aromatic rings. The molecule has 1 unspecified atom stereocenters. The molecule has 1 N–H and O–H groups in total. The second-order valence-corrected chi connectivity index (χ2v) is 5.34. The summed E-state index contributed by atoms with van der Waals surface area (Å²) in [5, 5.41) is 13.1. The lowest BCUT2D eigenvalue weighted by atomic mass is 9.92. The fourth-order valence-electron chi connectivity index (χ4n) is 2.72. The maximum Gasteiger partial charge on any atom is 0.126 e. The summed E-state index contributed by atoms with van der Waals surface area (Å²) in [7, 11) is 1.66. The number of hydrogen-bond acceptors (Lipinski definition) is 4. The molecular weight excluding hydrogens is 250 g/mol. The molecule has 4 heteroatoms. The molecule has 1 aromatic carbocycles. The van der Waals surface area contributed by atoms with E-state index in [-0.39, 0.29) is 0 Å². The zero-order valence-electron chi connectivity index (χ0n) is 12.4. The van der Waals surface area contributed by atoms with E-state index >= 15 is 0 Å². The van der Waals surface area contributed by atoms with Gasteiger partial charge < -0.3 is 15.0 Å². The second kappa shape index (κ2) is 6.62. The minimum Gasteiger partial charge on any atom is -0.497 e. The van der Waals surface area contributed by atoms with Crippen molar-refractivity contribution in [3.05, 3.63) is 24.3 Å². The van der Waals surface area contributed by atoms with Gasteiger partial charge in [-0.1, -0.05) is 6.92 Å². The summed E-state index contributed by atoms with van der Waals surface area (Å²) in [6.07, 6.45) is 2.82. The highest BCUT2D eigenvalue weighted by atomic mass is 16.5. The Labute approximate surface area is 121 Å². The van der Waals surface area contributed by atoms with Crippen molar-refractivity contribution in [2.75, 3.05) is 32.1 Å². The average Bonchev–Trinajstić information content (AvgIpc) is 2.71. The van der Waals surface area contributed by atoms with Crippen LogP contribution in [0.5, 0.6) is 5.75 Å². The van der Waals surface area contributed by atoms with Crippen molar-refractivity contribution in [3.63, 3.8) is 0 Å². The summed E-state index contributed by atoms with van der Waals surface area (Å²) in [5.74, 6) is 0.833. The minimum absolute atomic E-state index is 0.446. The molecule has 0 aromatic heterocycles. The van der Waals surface area contributed by atoms with E-state index in [1.165, 1.54) is 0 Å². The largest absolute Gasteiger partial charge is 0.497 e. The highest BCUT2D eigenvalue weighted by molar-refractivity contribution is 5.50. The van der Waals surface area contributed by atoms with E-state index in [1.807, 2.05) is 24.3 Å². The molecule has 108 valence electrons. The number of benzene rings is 1. The van der Waals surface area contributed by atoms with Gasteiger partial charge in [0.25, 0.3) is 0 Å². The van der Waals surface area contributed by atoms with Gasteiger partial charge in [-0.05, 0) is 56.6 Å². The lowest BCUT2D eigenvalue weighted by Gasteiger charge is -2.28. The highest BCUT2D eigenvalue weighted by Crippen LogP contribution is 2.27. The van der Waals surface area contributed by atoms with Gasteiger partial charge >= 0.3 is 0 Å². The molecule has 1 atom stereocenters. The summed E-state index contributed by atoms with van der Waals surface area (Å²) in [5.41, 5.74) is 0.538. The number of nitrogens with zero attached hydrogens (tertiary/aromatic N) is 2. The minimum atomic E-state index is -0.446. The molecule has 4 nitrogen and oxygen atoms in total. The lowest BCUT2D eigenvalue weighted by molar-refractivity contribution is 0.297. The van der Waals surface area contributed by atoms with Gasteiger partial charge in [0.05, 0.1) is 13.2 Å². The molecule has 2 rings (SSSR count). The summed E-state index contributed by atoms with van der Waals surface area (Å²) in [6, 6.07) is 10.3. The van der Waals surface area contributed by atoms with E-state index in [4.69, 9.17) is 4.74 Å². The Kier molecular flexibility index (Phi) is 4.86. The fourth-order valence-corrected chi connectivity index (χ4v) is 2.72. The molecule has 1 aliphatic heterocycles. The number of hydrogen-bond donors (Lipinski definition) is 1. The molecule has 0 radical (unpaired) electrons. The van der Waals surface area contributed by atoms with Crippen molar-refractivity contribution in [2.45, 2.75) is 31.7 Å². The first kappa shape index (κ1) is 14.7. The smallest absolute Gasteiger partial charge is 0.126 e. The maximum atomic E-state index is 9.63. The number of methoxy groups -OCH3 is 1. The summed E-state index contributed by atoms with van der Waals surface area (Å²) < 4.78 is 5.16. The Bertz CT molecular complexity index is 466. The normalized spacial score (nSPS) is 23.6. The van der Waals surface area contributed by atoms with Crippen molar-refractivity contribution >= 4 is 5.69 Å². The van der Waals surface area contributed by atoms with Crippen molar-refractivity contribution in [2.24, 2.45) is 0 Å². The molecule has 1 heterocycles. The monoisotopic (exact) mass is 273 g/mol. The van der Waals surface area contributed by atoms with Crippen LogP contribution in [0.4, 0.5) is 5.69 Å². The third kappa shape index (κ3) is 3.43. The van der Waals surface area contributed by atoms with Crippen LogP contribution in [0.2, 0.25) is 0 Å². The van der Waals surface area contributed by atoms with Crippen LogP contribution in [-0.4, -0.2) is 37.2 Å². The van der Waals surface area contributed by atoms with E-state index in [0.717, 1.165) is 50.3 Å². The quantitative estimate of drug-likeness (QED) is 0.916. The van der Waals surface area contributed by atoms with Crippen LogP contribution in [0, 0.1) is 11.3 Å². The first-order chi connectivity index (χ1) is 9.71. The molecule has 0 aliphatic carbocycles. The van der Waals surface area contributed by atoms with Crippen LogP contribution in [0.25, 0.3) is 0 Å². The summed E-state index contributed by atoms with van der Waals surface area (Å²) >= 11 is 0. The van der Waals surface area contributed by atoms with Crippen LogP contribution in [0.3, 0.4) is 0 Å². The van der Waals surface area contributed by atoms with E-state index < -0.39 is 5.54 Å². The zero-order valence-corrected chi connectivity index (χ0v) is 12.4. The Balaban J connectivity index is 2.08. The number of ether oxygens (including phenoxy) is 1. The van der Waals surface area contributed by atoms with Crippen molar-refractivity contribution < 1.29 is 4.74 Å². The fraction of sp³-hybridized carbons (Fsp3) is 0.562. The molecule has 1 saturated heterocycles. The van der Waals surface area contributed by atoms with E-state index in [2.05, 4.69) is 23.2 Å². The van der Waals surface area contributed by atoms with E-state index in [9.17, 15) is 5.26 Å². The molecule has 20 heavy (non-hydrogen) atoms. The molecule has 1 fully saturated rings. The third-order valence-corrected chi connectivity index (χ3v) is 4.07. The lowest BCUT2D eigenvalue weighted by Crippen LogP contribution is -2.37. The van der Waals surface area contributed by atoms with Crippen LogP contribution in [-0.2, 0) is 0 Å². The van der Waals surface area contributed by atoms with Crippen LogP contribution >= 0.6 is 0 Å². The number of nitriles is 1. The molecule has 0 bridgehead atoms. The Hall–Kier alpha value is -1.73. The standard InChI is InChI=1S/C16H23N3O/c1-3-19-11-4-9-16(13-17,10-12-19)18-14-5-7-15(20-2)8-6-14/h5-8,18H,3-4,9-12H2,1-2H3. The van der Waals surface area contributed by atoms with Crippen molar-refractivity contribution in [1.82, 2.24) is 4.90 Å². The molecular formula is C16H23N3O. The third-order valence-electron chi connectivity index (χ3n) is 4.07. The Morgan fingerprint density at radius 1 is 1.30 bits per heavy atom. The van der Waals surface area contributed by atoms with Crippen molar-refractivity contribution in [3.8, 4) is 11.8 Å². The molecule has 0 amide bonds. The first-order valence-electron chi connectivity index (χ1n) is 7.27. The maximum absolute atomic E-state index is 9.63. The number of anilines is 1. The van der Waals surface area contributed by atoms with E-state index in [1.54, 1.807) is 7.11 Å². The molecule has 0 spiro atoms. The Morgan fingerprint density at radius 2 is 2.05 bits per heavy atom. The Morgan fingerprint density at radius 3 is 2.65 bits per heavy atom. The number of rotatable bonds is 4. The van der Waals surface area contributed by atoms with Gasteiger partial charge in [0, 0.05) is 12.2 Å². The molecule has 0 saturated carbocycles. The van der Waals surface area contributed by atoms with Crippen LogP contribution < -0.4 is 10.1 Å². The van der Waals surface area contributed by atoms with Gasteiger partial charge in [-0.25, -0.2) is 0 Å². The van der Waals surface area contributed by atoms with Gasteiger partial charge in [0.2, 0.25) is 0 Å². The highest BCUT2D eigenvalue weighted by Gasteiger charge is 2.32. The predicted molar refractivity (Wildman–Crippen MR) is 80.9 cm³/mol. The van der Waals surface area contributed by atoms with E-state index in [0.29, 0.717) is 0 Å². The van der Waals surface area contributed by atoms with Crippen molar-refractivity contribution in [1.29, 1.82) is 5.26 Å². The van der Waals surface area contributed by atoms with Gasteiger partial charge in [-0.3, -0.25) is 0 Å². The van der Waals surface area contributed by atoms with Crippen LogP contribution in [0.15, 0.2) is 24.3 Å². The van der Waals surface area contributed by atoms with Gasteiger partial charge in [0.1, 0.15) is 11.3 Å². The number of likely N-dealkylation sites (tertiary alicyclic amines) is 1. The van der Waals surface area contributed by atoms with Gasteiger partial charge in [-0.2, -0.15) is 5.26 Å². The predicted octanol–water partition coefficient (Wildman–Crippen LogP) is 2.88. The average molecular weight is 273 g/mol. The van der Waals surface area contributed by atoms with Crippen LogP contribution in [0.1, 0.15) is 26.2 Å². The van der Waals surface area contributed by atoms with Gasteiger partial charge in [-0.15, -0.1) is 0 Å². The summed E-state index contributed by atoms with van der Waals surface area (Å²) in [6.45, 7) is 5.30. The topological polar surface area (TPSA) is 48.3 Å². The second-order valence-electron chi connectivity index (χ2n) is 5.34. The summed E-state index contributed by atoms with van der Waals surface area (Å²) in [4.78, 5) is 2.41. The zero-order chi connectivity index (χ0) is 14.4. The van der Waals surface area contributed by atoms with Gasteiger partial charge in [0.15, 0.2) is 0 Å². The molecule has 1 aliphatic rings. The SMILES string of the molecule is CCN1CCCC(C#N)(Nc2ccc(OC)cc2)CC1. The first-order valence-corrected chi connectivity index (χ1v) is 7.27.